The van der Waals surface area contributed by atoms with Crippen molar-refractivity contribution in [3.8, 4) is 34.5 Å². The van der Waals surface area contributed by atoms with E-state index in [4.69, 9.17) is 48.0 Å². The average Bonchev–Trinajstić information content (AvgIpc) is 4.03. The number of thiazole rings is 1. The molecule has 84 heavy (non-hydrogen) atoms. The zero-order chi connectivity index (χ0) is 58.9. The first-order valence-corrected chi connectivity index (χ1v) is 29.5. The van der Waals surface area contributed by atoms with Crippen molar-refractivity contribution in [2.75, 3.05) is 31.4 Å². The highest BCUT2D eigenvalue weighted by atomic mass is 32.1. The number of esters is 6. The van der Waals surface area contributed by atoms with Crippen LogP contribution >= 0.6 is 11.3 Å². The maximum Gasteiger partial charge on any atom is 0.330 e. The molecule has 6 aromatic rings. The second-order valence-electron chi connectivity index (χ2n) is 20.4. The van der Waals surface area contributed by atoms with E-state index in [0.717, 1.165) is 73.7 Å². The molecule has 0 radical (unpaired) electrons. The predicted octanol–water partition coefficient (Wildman–Crippen LogP) is 12.8. The van der Waals surface area contributed by atoms with E-state index in [1.807, 2.05) is 30.3 Å². The lowest BCUT2D eigenvalue weighted by atomic mass is 9.82. The molecule has 0 saturated heterocycles. The Hall–Kier alpha value is -8.71. The van der Waals surface area contributed by atoms with Crippen molar-refractivity contribution in [1.82, 2.24) is 9.97 Å². The fraction of sp³-hybridized carbons (Fsp3) is 0.369. The molecule has 0 aliphatic heterocycles. The van der Waals surface area contributed by atoms with Crippen LogP contribution in [0, 0.1) is 23.7 Å². The molecule has 2 saturated carbocycles. The first-order valence-electron chi connectivity index (χ1n) is 28.7. The molecule has 0 unspecified atom stereocenters. The van der Waals surface area contributed by atoms with Gasteiger partial charge >= 0.3 is 35.8 Å². The summed E-state index contributed by atoms with van der Waals surface area (Å²) in [5.74, 6) is -1.26. The number of carbonyl (C=O) groups is 6. The van der Waals surface area contributed by atoms with Crippen LogP contribution in [0.25, 0.3) is 10.2 Å². The van der Waals surface area contributed by atoms with Gasteiger partial charge in [0.15, 0.2) is 5.82 Å². The molecule has 0 atom stereocenters. The van der Waals surface area contributed by atoms with Gasteiger partial charge in [-0.1, -0.05) is 42.7 Å². The van der Waals surface area contributed by atoms with E-state index in [1.54, 1.807) is 90.1 Å². The van der Waals surface area contributed by atoms with Crippen molar-refractivity contribution in [3.05, 3.63) is 146 Å². The van der Waals surface area contributed by atoms with Crippen LogP contribution in [-0.4, -0.2) is 78.4 Å². The summed E-state index contributed by atoms with van der Waals surface area (Å²) in [7, 11) is 0. The van der Waals surface area contributed by atoms with Gasteiger partial charge in [0.05, 0.1) is 66.5 Å². The zero-order valence-corrected chi connectivity index (χ0v) is 47.8. The normalized spacial score (nSPS) is 16.6. The lowest BCUT2D eigenvalue weighted by Gasteiger charge is -2.26. The molecule has 0 spiro atoms. The van der Waals surface area contributed by atoms with Crippen LogP contribution in [0.5, 0.6) is 34.5 Å². The van der Waals surface area contributed by atoms with Crippen molar-refractivity contribution in [1.29, 1.82) is 0 Å². The first-order chi connectivity index (χ1) is 41.0. The van der Waals surface area contributed by atoms with Gasteiger partial charge in [-0.3, -0.25) is 19.2 Å². The molecule has 4 aromatic carbocycles. The Morgan fingerprint density at radius 1 is 0.512 bits per heavy atom. The van der Waals surface area contributed by atoms with Gasteiger partial charge in [-0.15, -0.1) is 0 Å². The smallest absolute Gasteiger partial charge is 0.330 e. The number of pyridine rings is 1. The number of anilines is 2. The van der Waals surface area contributed by atoms with E-state index in [2.05, 4.69) is 18.1 Å². The van der Waals surface area contributed by atoms with Crippen molar-refractivity contribution < 1.29 is 66.7 Å². The minimum atomic E-state index is -0.496. The van der Waals surface area contributed by atoms with E-state index >= 15 is 0 Å². The number of aromatic nitrogens is 2. The van der Waals surface area contributed by atoms with E-state index in [9.17, 15) is 28.8 Å². The van der Waals surface area contributed by atoms with E-state index in [0.29, 0.717) is 117 Å². The minimum Gasteiger partial charge on any atom is -0.494 e. The number of unbranched alkanes of at least 4 members (excludes halogenated alkanes) is 6. The summed E-state index contributed by atoms with van der Waals surface area (Å²) in [6.45, 7) is 8.56. The van der Waals surface area contributed by atoms with Crippen molar-refractivity contribution in [2.45, 2.75) is 103 Å². The molecule has 2 aliphatic rings. The van der Waals surface area contributed by atoms with Crippen LogP contribution in [0.1, 0.15) is 108 Å². The third-order valence-corrected chi connectivity index (χ3v) is 15.4. The summed E-state index contributed by atoms with van der Waals surface area (Å²) in [5.41, 5.74) is 1.13. The standard InChI is InChI=1S/C65H70N4O14S/c1-3-59(70)78-41-15-7-5-13-39-76-50-28-32-52(33-29-50)80-61(72)45-20-22-47(23-21-45)63(74)82-54-36-37-56(49(43-54)44-67-69(58-19-11-12-38-66-58)65-68-55-17-9-10-18-57(55)84-65)83-64(75)48-26-24-46(25-27-48)62(73)81-53-34-30-51(31-35-53)77-40-14-6-8-16-42-79-60(71)4-2/h3-4,9-12,17-19,28-38,43-48H,1-2,5-8,13-16,20-27,39-42H2. The molecule has 0 N–H and O–H groups in total. The number of nitrogens with zero attached hydrogens (tertiary/aromatic N) is 4. The third-order valence-electron chi connectivity index (χ3n) is 14.4. The lowest BCUT2D eigenvalue weighted by molar-refractivity contribution is -0.145. The number of hydrogen-bond donors (Lipinski definition) is 0. The minimum absolute atomic E-state index is 0.182. The van der Waals surface area contributed by atoms with Gasteiger partial charge in [-0.25, -0.2) is 19.6 Å². The third kappa shape index (κ3) is 18.9. The number of rotatable bonds is 30. The zero-order valence-electron chi connectivity index (χ0n) is 47.0. The summed E-state index contributed by atoms with van der Waals surface area (Å²) in [6.07, 6.45) is 15.7. The molecule has 8 rings (SSSR count). The van der Waals surface area contributed by atoms with Gasteiger partial charge in [0, 0.05) is 23.9 Å². The Kier molecular flexibility index (Phi) is 23.5. The van der Waals surface area contributed by atoms with Gasteiger partial charge in [0.2, 0.25) is 5.13 Å². The van der Waals surface area contributed by atoms with Crippen molar-refractivity contribution >= 4 is 74.5 Å². The fourth-order valence-electron chi connectivity index (χ4n) is 9.63. The van der Waals surface area contributed by atoms with Crippen LogP contribution in [0.15, 0.2) is 146 Å². The monoisotopic (exact) mass is 1160 g/mol. The maximum absolute atomic E-state index is 14.0. The molecular formula is C65H70N4O14S. The number of hydrogen-bond acceptors (Lipinski definition) is 19. The van der Waals surface area contributed by atoms with Crippen LogP contribution in [0.3, 0.4) is 0 Å². The highest BCUT2D eigenvalue weighted by Crippen LogP contribution is 2.37. The number of fused-ring (bicyclic) bond motifs is 1. The second kappa shape index (κ2) is 32.2. The maximum atomic E-state index is 14.0. The molecular weight excluding hydrogens is 1090 g/mol. The molecule has 2 heterocycles. The summed E-state index contributed by atoms with van der Waals surface area (Å²) < 4.78 is 46.2. The summed E-state index contributed by atoms with van der Waals surface area (Å²) in [5, 5.41) is 6.97. The van der Waals surface area contributed by atoms with Gasteiger partial charge in [0.25, 0.3) is 0 Å². The van der Waals surface area contributed by atoms with Gasteiger partial charge in [-0.05, 0) is 194 Å². The Balaban J connectivity index is 0.840. The second-order valence-corrected chi connectivity index (χ2v) is 21.4. The number of carbonyl (C=O) groups excluding carboxylic acids is 6. The lowest BCUT2D eigenvalue weighted by Crippen LogP contribution is -2.30. The number of benzene rings is 4. The van der Waals surface area contributed by atoms with E-state index in [1.165, 1.54) is 17.6 Å². The molecule has 2 aliphatic carbocycles. The van der Waals surface area contributed by atoms with E-state index < -0.39 is 47.5 Å². The Labute approximate surface area is 492 Å². The molecule has 0 bridgehead atoms. The molecule has 18 nitrogen and oxygen atoms in total. The van der Waals surface area contributed by atoms with Crippen LogP contribution in [-0.2, 0) is 38.2 Å². The van der Waals surface area contributed by atoms with Gasteiger partial charge in [-0.2, -0.15) is 10.1 Å². The number of hydrazone groups is 1. The summed E-state index contributed by atoms with van der Waals surface area (Å²) in [4.78, 5) is 86.0. The number of para-hydroxylation sites is 1. The highest BCUT2D eigenvalue weighted by molar-refractivity contribution is 7.22. The highest BCUT2D eigenvalue weighted by Gasteiger charge is 2.34. The van der Waals surface area contributed by atoms with Crippen molar-refractivity contribution in [2.24, 2.45) is 28.8 Å². The molecule has 2 fully saturated rings. The molecule has 440 valence electrons. The van der Waals surface area contributed by atoms with Crippen LogP contribution in [0.2, 0.25) is 0 Å². The summed E-state index contributed by atoms with van der Waals surface area (Å²) >= 11 is 1.43. The molecule has 0 amide bonds. The van der Waals surface area contributed by atoms with Crippen LogP contribution < -0.4 is 33.4 Å². The number of ether oxygens (including phenoxy) is 8. The Bertz CT molecular complexity index is 3150. The molecule has 2 aromatic heterocycles. The van der Waals surface area contributed by atoms with Gasteiger partial charge in [0.1, 0.15) is 34.5 Å². The molecule has 19 heteroatoms. The van der Waals surface area contributed by atoms with Crippen LogP contribution in [0.4, 0.5) is 10.9 Å². The summed E-state index contributed by atoms with van der Waals surface area (Å²) in [6, 6.07) is 31.7. The van der Waals surface area contributed by atoms with Gasteiger partial charge < -0.3 is 37.9 Å². The fourth-order valence-corrected chi connectivity index (χ4v) is 10.6. The topological polar surface area (TPSA) is 218 Å². The quantitative estimate of drug-likeness (QED) is 0.0102. The SMILES string of the molecule is C=CC(=O)OCCCCCCOc1ccc(OC(=O)C2CCC(C(=O)Oc3ccc(OC(=O)C4CCC(C(=O)Oc5ccc(OCCCCCCOC(=O)C=C)cc5)CC4)c(C=NN(c4ccccn4)c4nc5ccccc5s4)c3)CC2)cc1. The first kappa shape index (κ1) is 61.4. The average molecular weight is 1160 g/mol. The van der Waals surface area contributed by atoms with E-state index in [-0.39, 0.29) is 23.4 Å². The Morgan fingerprint density at radius 3 is 1.43 bits per heavy atom. The van der Waals surface area contributed by atoms with Crippen molar-refractivity contribution in [3.63, 3.8) is 0 Å². The largest absolute Gasteiger partial charge is 0.494 e. The Morgan fingerprint density at radius 2 is 0.952 bits per heavy atom. The predicted molar refractivity (Wildman–Crippen MR) is 317 cm³/mol.